The molecule has 0 aromatic heterocycles. The second-order valence-corrected chi connectivity index (χ2v) is 3.79. The summed E-state index contributed by atoms with van der Waals surface area (Å²) in [6.45, 7) is 0.0314. The van der Waals surface area contributed by atoms with Gasteiger partial charge in [0, 0.05) is 15.6 Å². The molecule has 70 valence electrons. The average molecular weight is 219 g/mol. The van der Waals surface area contributed by atoms with Crippen LogP contribution in [0.1, 0.15) is 11.7 Å². The smallest absolute Gasteiger partial charge is 0.113 e. The lowest BCUT2D eigenvalue weighted by atomic mass is 10.1. The second-order valence-electron chi connectivity index (χ2n) is 2.94. The third-order valence-corrected chi connectivity index (χ3v) is 2.59. The van der Waals surface area contributed by atoms with E-state index in [1.54, 1.807) is 12.1 Å². The molecule has 2 nitrogen and oxygen atoms in total. The first-order valence-electron chi connectivity index (χ1n) is 3.93. The minimum atomic E-state index is -0.0984. The average Bonchev–Trinajstić information content (AvgIpc) is 2.83. The van der Waals surface area contributed by atoms with Gasteiger partial charge in [-0.05, 0) is 12.1 Å². The van der Waals surface area contributed by atoms with Crippen LogP contribution in [-0.2, 0) is 4.74 Å². The second kappa shape index (κ2) is 3.46. The highest BCUT2D eigenvalue weighted by Gasteiger charge is 2.40. The van der Waals surface area contributed by atoms with Gasteiger partial charge in [0.15, 0.2) is 0 Å². The van der Waals surface area contributed by atoms with Gasteiger partial charge >= 0.3 is 0 Å². The first-order chi connectivity index (χ1) is 6.22. The van der Waals surface area contributed by atoms with Gasteiger partial charge in [0.25, 0.3) is 0 Å². The van der Waals surface area contributed by atoms with Crippen molar-refractivity contribution in [3.05, 3.63) is 33.8 Å². The Kier molecular flexibility index (Phi) is 2.47. The summed E-state index contributed by atoms with van der Waals surface area (Å²) >= 11 is 11.7. The van der Waals surface area contributed by atoms with Crippen LogP contribution in [0, 0.1) is 0 Å². The van der Waals surface area contributed by atoms with Crippen molar-refractivity contribution in [2.45, 2.75) is 12.2 Å². The Morgan fingerprint density at radius 1 is 1.38 bits per heavy atom. The van der Waals surface area contributed by atoms with Gasteiger partial charge in [-0.25, -0.2) is 0 Å². The molecule has 1 N–H and O–H groups in total. The number of rotatable bonds is 2. The predicted molar refractivity (Wildman–Crippen MR) is 51.2 cm³/mol. The minimum Gasteiger partial charge on any atom is -0.394 e. The van der Waals surface area contributed by atoms with E-state index in [2.05, 4.69) is 0 Å². The van der Waals surface area contributed by atoms with E-state index >= 15 is 0 Å². The van der Waals surface area contributed by atoms with Crippen molar-refractivity contribution < 1.29 is 9.84 Å². The normalized spacial score (nSPS) is 26.1. The monoisotopic (exact) mass is 218 g/mol. The fraction of sp³-hybridized carbons (Fsp3) is 0.333. The van der Waals surface area contributed by atoms with Crippen molar-refractivity contribution in [1.82, 2.24) is 0 Å². The maximum Gasteiger partial charge on any atom is 0.113 e. The summed E-state index contributed by atoms with van der Waals surface area (Å²) in [5.74, 6) is 0. The highest BCUT2D eigenvalue weighted by atomic mass is 35.5. The third-order valence-electron chi connectivity index (χ3n) is 2.03. The van der Waals surface area contributed by atoms with E-state index in [0.29, 0.717) is 10.0 Å². The molecule has 0 spiro atoms. The lowest BCUT2D eigenvalue weighted by molar-refractivity contribution is 0.242. The minimum absolute atomic E-state index is 0.0314. The van der Waals surface area contributed by atoms with Gasteiger partial charge in [-0.15, -0.1) is 0 Å². The summed E-state index contributed by atoms with van der Waals surface area (Å²) in [4.78, 5) is 0. The molecule has 1 aromatic rings. The van der Waals surface area contributed by atoms with Crippen LogP contribution in [0.25, 0.3) is 0 Å². The van der Waals surface area contributed by atoms with Crippen LogP contribution < -0.4 is 0 Å². The molecule has 0 aliphatic carbocycles. The van der Waals surface area contributed by atoms with Crippen LogP contribution in [0.5, 0.6) is 0 Å². The summed E-state index contributed by atoms with van der Waals surface area (Å²) in [5, 5.41) is 9.99. The summed E-state index contributed by atoms with van der Waals surface area (Å²) in [7, 11) is 0. The molecule has 1 fully saturated rings. The first kappa shape index (κ1) is 9.28. The molecule has 1 aromatic carbocycles. The lowest BCUT2D eigenvalue weighted by Crippen LogP contribution is -1.94. The molecule has 0 radical (unpaired) electrons. The number of halogens is 2. The van der Waals surface area contributed by atoms with Gasteiger partial charge in [-0.1, -0.05) is 29.3 Å². The Morgan fingerprint density at radius 2 is 2.15 bits per heavy atom. The maximum atomic E-state index is 8.79. The van der Waals surface area contributed by atoms with Crippen molar-refractivity contribution in [2.24, 2.45) is 0 Å². The molecule has 0 amide bonds. The molecule has 1 aliphatic rings. The van der Waals surface area contributed by atoms with Crippen molar-refractivity contribution >= 4 is 23.2 Å². The van der Waals surface area contributed by atoms with E-state index < -0.39 is 0 Å². The van der Waals surface area contributed by atoms with E-state index in [4.69, 9.17) is 33.0 Å². The number of hydrogen-bond acceptors (Lipinski definition) is 2. The van der Waals surface area contributed by atoms with Crippen molar-refractivity contribution in [1.29, 1.82) is 0 Å². The summed E-state index contributed by atoms with van der Waals surface area (Å²) < 4.78 is 5.20. The Balaban J connectivity index is 2.22. The maximum absolute atomic E-state index is 8.79. The van der Waals surface area contributed by atoms with Crippen LogP contribution in [0.3, 0.4) is 0 Å². The molecule has 2 atom stereocenters. The van der Waals surface area contributed by atoms with Gasteiger partial charge in [-0.2, -0.15) is 0 Å². The van der Waals surface area contributed by atoms with E-state index in [-0.39, 0.29) is 18.8 Å². The number of ether oxygens (including phenoxy) is 1. The zero-order valence-electron chi connectivity index (χ0n) is 6.71. The molecule has 1 saturated heterocycles. The number of benzene rings is 1. The van der Waals surface area contributed by atoms with Gasteiger partial charge in [0.1, 0.15) is 12.2 Å². The first-order valence-corrected chi connectivity index (χ1v) is 4.69. The fourth-order valence-electron chi connectivity index (χ4n) is 1.29. The topological polar surface area (TPSA) is 32.8 Å². The highest BCUT2D eigenvalue weighted by molar-refractivity contribution is 6.35. The van der Waals surface area contributed by atoms with Crippen LogP contribution >= 0.6 is 23.2 Å². The predicted octanol–water partition coefficient (Wildman–Crippen LogP) is 2.43. The highest BCUT2D eigenvalue weighted by Crippen LogP contribution is 2.41. The van der Waals surface area contributed by atoms with Gasteiger partial charge in [0.2, 0.25) is 0 Å². The molecule has 0 unspecified atom stereocenters. The Morgan fingerprint density at radius 3 is 2.69 bits per heavy atom. The number of aliphatic hydroxyl groups excluding tert-OH is 1. The van der Waals surface area contributed by atoms with E-state index in [1.807, 2.05) is 6.07 Å². The zero-order chi connectivity index (χ0) is 9.42. The van der Waals surface area contributed by atoms with Crippen LogP contribution in [-0.4, -0.2) is 17.8 Å². The molecular formula is C9H8Cl2O2. The van der Waals surface area contributed by atoms with Crippen LogP contribution in [0.4, 0.5) is 0 Å². The number of aliphatic hydroxyl groups is 1. The van der Waals surface area contributed by atoms with Gasteiger partial charge in [0.05, 0.1) is 6.61 Å². The summed E-state index contributed by atoms with van der Waals surface area (Å²) in [6.07, 6.45) is -0.159. The molecule has 1 aliphatic heterocycles. The van der Waals surface area contributed by atoms with Crippen molar-refractivity contribution in [3.63, 3.8) is 0 Å². The number of hydrogen-bond donors (Lipinski definition) is 1. The molecule has 2 rings (SSSR count). The van der Waals surface area contributed by atoms with E-state index in [9.17, 15) is 0 Å². The van der Waals surface area contributed by atoms with Crippen molar-refractivity contribution in [3.8, 4) is 0 Å². The Labute approximate surface area is 86.0 Å². The zero-order valence-corrected chi connectivity index (χ0v) is 8.22. The van der Waals surface area contributed by atoms with Gasteiger partial charge in [-0.3, -0.25) is 0 Å². The Bertz CT molecular complexity index is 327. The van der Waals surface area contributed by atoms with Crippen molar-refractivity contribution in [2.75, 3.05) is 6.61 Å². The largest absolute Gasteiger partial charge is 0.394 e. The molecule has 4 heteroatoms. The Hall–Kier alpha value is -0.280. The van der Waals surface area contributed by atoms with Crippen LogP contribution in [0.2, 0.25) is 10.0 Å². The molecule has 13 heavy (non-hydrogen) atoms. The van der Waals surface area contributed by atoms with E-state index in [1.165, 1.54) is 0 Å². The standard InChI is InChI=1S/C9H8Cl2O2/c10-5-1-2-6(7(11)3-5)9-8(4-12)13-9/h1-3,8-9,12H,4H2/t8-,9-/m0/s1. The van der Waals surface area contributed by atoms with Gasteiger partial charge < -0.3 is 9.84 Å². The molecule has 0 saturated carbocycles. The number of epoxide rings is 1. The third kappa shape index (κ3) is 1.81. The SMILES string of the molecule is OC[C@@H]1O[C@H]1c1ccc(Cl)cc1Cl. The molecule has 1 heterocycles. The quantitative estimate of drug-likeness (QED) is 0.774. The molecule has 0 bridgehead atoms. The van der Waals surface area contributed by atoms with E-state index in [0.717, 1.165) is 5.56 Å². The lowest BCUT2D eigenvalue weighted by Gasteiger charge is -1.99. The molecular weight excluding hydrogens is 211 g/mol. The summed E-state index contributed by atoms with van der Waals surface area (Å²) in [6, 6.07) is 5.26. The summed E-state index contributed by atoms with van der Waals surface area (Å²) in [5.41, 5.74) is 0.894. The van der Waals surface area contributed by atoms with Crippen LogP contribution in [0.15, 0.2) is 18.2 Å². The fourth-order valence-corrected chi connectivity index (χ4v) is 1.80.